The molecule has 6 nitrogen and oxygen atoms in total. The summed E-state index contributed by atoms with van der Waals surface area (Å²) in [4.78, 5) is 29.1. The molecule has 158 valence electrons. The highest BCUT2D eigenvalue weighted by molar-refractivity contribution is 5.95. The molecule has 0 unspecified atom stereocenters. The highest BCUT2D eigenvalue weighted by Gasteiger charge is 2.32. The van der Waals surface area contributed by atoms with Gasteiger partial charge < -0.3 is 19.3 Å². The summed E-state index contributed by atoms with van der Waals surface area (Å²) in [6.45, 7) is 2.08. The summed E-state index contributed by atoms with van der Waals surface area (Å²) in [6.07, 6.45) is 3.39. The first-order valence-corrected chi connectivity index (χ1v) is 10.5. The number of rotatable bonds is 6. The van der Waals surface area contributed by atoms with Crippen molar-refractivity contribution in [3.63, 3.8) is 0 Å². The van der Waals surface area contributed by atoms with E-state index in [1.165, 1.54) is 0 Å². The molecule has 0 saturated carbocycles. The molecule has 2 aromatic carbocycles. The Morgan fingerprint density at radius 1 is 1.07 bits per heavy atom. The van der Waals surface area contributed by atoms with Gasteiger partial charge in [0, 0.05) is 43.2 Å². The van der Waals surface area contributed by atoms with E-state index >= 15 is 0 Å². The predicted molar refractivity (Wildman–Crippen MR) is 114 cm³/mol. The molecule has 2 aromatic rings. The molecule has 2 heterocycles. The minimum atomic E-state index is -0.0258. The largest absolute Gasteiger partial charge is 0.497 e. The van der Waals surface area contributed by atoms with Crippen LogP contribution in [0, 0.1) is 0 Å². The van der Waals surface area contributed by atoms with Crippen LogP contribution in [0.3, 0.4) is 0 Å². The van der Waals surface area contributed by atoms with E-state index in [2.05, 4.69) is 0 Å². The van der Waals surface area contributed by atoms with Crippen molar-refractivity contribution in [3.8, 4) is 11.5 Å². The summed E-state index contributed by atoms with van der Waals surface area (Å²) in [7, 11) is 3.27. The molecule has 4 rings (SSSR count). The highest BCUT2D eigenvalue weighted by Crippen LogP contribution is 2.39. The Balaban J connectivity index is 1.55. The first-order valence-electron chi connectivity index (χ1n) is 10.5. The van der Waals surface area contributed by atoms with E-state index in [0.717, 1.165) is 48.4 Å². The van der Waals surface area contributed by atoms with Crippen molar-refractivity contribution in [1.82, 2.24) is 9.80 Å². The summed E-state index contributed by atoms with van der Waals surface area (Å²) < 4.78 is 10.9. The van der Waals surface area contributed by atoms with Gasteiger partial charge in [0.15, 0.2) is 0 Å². The van der Waals surface area contributed by atoms with Crippen LogP contribution in [0.2, 0.25) is 0 Å². The van der Waals surface area contributed by atoms with E-state index < -0.39 is 0 Å². The maximum absolute atomic E-state index is 13.4. The summed E-state index contributed by atoms with van der Waals surface area (Å²) in [6, 6.07) is 13.4. The number of amides is 2. The van der Waals surface area contributed by atoms with Gasteiger partial charge >= 0.3 is 0 Å². The van der Waals surface area contributed by atoms with E-state index in [-0.39, 0.29) is 17.9 Å². The number of methoxy groups -OCH3 is 2. The number of benzene rings is 2. The third-order valence-corrected chi connectivity index (χ3v) is 6.03. The average Bonchev–Trinajstić information content (AvgIpc) is 3.42. The smallest absolute Gasteiger partial charge is 0.254 e. The van der Waals surface area contributed by atoms with Crippen LogP contribution >= 0.6 is 0 Å². The minimum absolute atomic E-state index is 0.0185. The van der Waals surface area contributed by atoms with Gasteiger partial charge in [-0.2, -0.15) is 0 Å². The molecule has 0 N–H and O–H groups in total. The second-order valence-corrected chi connectivity index (χ2v) is 7.88. The summed E-state index contributed by atoms with van der Waals surface area (Å²) in [5.41, 5.74) is 2.66. The molecule has 2 aliphatic heterocycles. The molecule has 2 amide bonds. The van der Waals surface area contributed by atoms with E-state index in [4.69, 9.17) is 9.47 Å². The zero-order valence-corrected chi connectivity index (χ0v) is 17.6. The van der Waals surface area contributed by atoms with E-state index in [1.807, 2.05) is 52.3 Å². The molecule has 6 heteroatoms. The van der Waals surface area contributed by atoms with E-state index in [1.54, 1.807) is 14.2 Å². The molecular weight excluding hydrogens is 380 g/mol. The van der Waals surface area contributed by atoms with Crippen molar-refractivity contribution < 1.29 is 19.1 Å². The van der Waals surface area contributed by atoms with Gasteiger partial charge in [0.2, 0.25) is 5.91 Å². The zero-order valence-electron chi connectivity index (χ0n) is 17.6. The lowest BCUT2D eigenvalue weighted by Gasteiger charge is -2.27. The fourth-order valence-corrected chi connectivity index (χ4v) is 4.49. The van der Waals surface area contributed by atoms with Crippen molar-refractivity contribution in [2.24, 2.45) is 0 Å². The SMILES string of the molecule is COc1ccc([C@@H]2CCCN2C(=O)c2cccc(CN3CCCC3=O)c2)c(OC)c1. The standard InChI is InChI=1S/C24H28N2O4/c1-29-19-10-11-20(22(15-19)30-2)21-8-4-13-26(21)24(28)18-7-3-6-17(14-18)16-25-12-5-9-23(25)27/h3,6-7,10-11,14-15,21H,4-5,8-9,12-13,16H2,1-2H3/t21-/m0/s1. The van der Waals surface area contributed by atoms with Crippen LogP contribution in [-0.2, 0) is 11.3 Å². The van der Waals surface area contributed by atoms with Gasteiger partial charge in [-0.05, 0) is 49.1 Å². The molecule has 0 radical (unpaired) electrons. The topological polar surface area (TPSA) is 59.1 Å². The Morgan fingerprint density at radius 2 is 1.93 bits per heavy atom. The Hall–Kier alpha value is -3.02. The summed E-state index contributed by atoms with van der Waals surface area (Å²) in [5, 5.41) is 0. The van der Waals surface area contributed by atoms with Crippen LogP contribution in [0.1, 0.15) is 53.2 Å². The lowest BCUT2D eigenvalue weighted by atomic mass is 10.0. The Kier molecular flexibility index (Phi) is 5.93. The van der Waals surface area contributed by atoms with Gasteiger partial charge in [-0.3, -0.25) is 9.59 Å². The van der Waals surface area contributed by atoms with E-state index in [0.29, 0.717) is 25.1 Å². The third kappa shape index (κ3) is 3.99. The molecule has 0 aromatic heterocycles. The van der Waals surface area contributed by atoms with Crippen molar-refractivity contribution in [3.05, 3.63) is 59.2 Å². The molecule has 30 heavy (non-hydrogen) atoms. The molecule has 1 atom stereocenters. The quantitative estimate of drug-likeness (QED) is 0.729. The van der Waals surface area contributed by atoms with Crippen LogP contribution in [0.25, 0.3) is 0 Å². The van der Waals surface area contributed by atoms with Crippen molar-refractivity contribution in [2.75, 3.05) is 27.3 Å². The van der Waals surface area contributed by atoms with Gasteiger partial charge in [-0.15, -0.1) is 0 Å². The number of ether oxygens (including phenoxy) is 2. The molecule has 2 fully saturated rings. The van der Waals surface area contributed by atoms with Gasteiger partial charge in [0.25, 0.3) is 5.91 Å². The molecule has 2 saturated heterocycles. The van der Waals surface area contributed by atoms with Crippen LogP contribution in [0.15, 0.2) is 42.5 Å². The maximum Gasteiger partial charge on any atom is 0.254 e. The van der Waals surface area contributed by atoms with Crippen LogP contribution in [0.4, 0.5) is 0 Å². The van der Waals surface area contributed by atoms with Gasteiger partial charge in [0.05, 0.1) is 20.3 Å². The Morgan fingerprint density at radius 3 is 2.67 bits per heavy atom. The number of hydrogen-bond donors (Lipinski definition) is 0. The molecule has 0 aliphatic carbocycles. The maximum atomic E-state index is 13.4. The molecule has 2 aliphatic rings. The zero-order chi connectivity index (χ0) is 21.1. The van der Waals surface area contributed by atoms with Crippen LogP contribution in [-0.4, -0.2) is 48.9 Å². The molecular formula is C24H28N2O4. The fourth-order valence-electron chi connectivity index (χ4n) is 4.49. The number of nitrogens with zero attached hydrogens (tertiary/aromatic N) is 2. The fraction of sp³-hybridized carbons (Fsp3) is 0.417. The number of hydrogen-bond acceptors (Lipinski definition) is 4. The van der Waals surface area contributed by atoms with Gasteiger partial charge in [-0.1, -0.05) is 12.1 Å². The lowest BCUT2D eigenvalue weighted by molar-refractivity contribution is -0.128. The van der Waals surface area contributed by atoms with Crippen LogP contribution < -0.4 is 9.47 Å². The Labute approximate surface area is 177 Å². The molecule has 0 spiro atoms. The number of likely N-dealkylation sites (tertiary alicyclic amines) is 2. The summed E-state index contributed by atoms with van der Waals surface area (Å²) in [5.74, 6) is 1.68. The third-order valence-electron chi connectivity index (χ3n) is 6.03. The van der Waals surface area contributed by atoms with Gasteiger partial charge in [0.1, 0.15) is 11.5 Å². The molecule has 0 bridgehead atoms. The van der Waals surface area contributed by atoms with Crippen molar-refractivity contribution in [2.45, 2.75) is 38.3 Å². The normalized spacial score (nSPS) is 18.7. The van der Waals surface area contributed by atoms with E-state index in [9.17, 15) is 9.59 Å². The minimum Gasteiger partial charge on any atom is -0.497 e. The lowest BCUT2D eigenvalue weighted by Crippen LogP contribution is -2.31. The second kappa shape index (κ2) is 8.78. The van der Waals surface area contributed by atoms with Crippen molar-refractivity contribution >= 4 is 11.8 Å². The summed E-state index contributed by atoms with van der Waals surface area (Å²) >= 11 is 0. The Bertz CT molecular complexity index is 943. The van der Waals surface area contributed by atoms with Crippen molar-refractivity contribution in [1.29, 1.82) is 0 Å². The first kappa shape index (κ1) is 20.3. The number of carbonyl (C=O) groups excluding carboxylic acids is 2. The average molecular weight is 408 g/mol. The highest BCUT2D eigenvalue weighted by atomic mass is 16.5. The van der Waals surface area contributed by atoms with Gasteiger partial charge in [-0.25, -0.2) is 0 Å². The predicted octanol–water partition coefficient (Wildman–Crippen LogP) is 3.80. The monoisotopic (exact) mass is 408 g/mol. The van der Waals surface area contributed by atoms with Crippen LogP contribution in [0.5, 0.6) is 11.5 Å². The first-order chi connectivity index (χ1) is 14.6. The number of carbonyl (C=O) groups is 2. The second-order valence-electron chi connectivity index (χ2n) is 7.88.